The van der Waals surface area contributed by atoms with Crippen LogP contribution in [0.15, 0.2) is 16.6 Å². The van der Waals surface area contributed by atoms with Gasteiger partial charge >= 0.3 is 0 Å². The number of aromatic nitrogens is 2. The summed E-state index contributed by atoms with van der Waals surface area (Å²) < 4.78 is 28.9. The van der Waals surface area contributed by atoms with E-state index in [4.69, 9.17) is 11.6 Å². The van der Waals surface area contributed by atoms with Gasteiger partial charge < -0.3 is 0 Å². The van der Waals surface area contributed by atoms with Crippen LogP contribution in [0.1, 0.15) is 27.2 Å². The molecule has 0 aliphatic rings. The average molecular weight is 322 g/mol. The van der Waals surface area contributed by atoms with Crippen LogP contribution >= 0.6 is 22.9 Å². The molecule has 1 unspecified atom stereocenters. The normalized spacial score (nSPS) is 14.4. The van der Waals surface area contributed by atoms with Crippen LogP contribution in [0, 0.1) is 5.92 Å². The standard InChI is InChI=1S/C11H16ClN3O2S2/c1-7(2)6-8(3)14-19(16,17)10-9(12)13-11-15(10)4-5-18-11/h4-5,7-8,14H,6H2,1-3H3. The summed E-state index contributed by atoms with van der Waals surface area (Å²) in [6.07, 6.45) is 2.42. The lowest BCUT2D eigenvalue weighted by atomic mass is 10.1. The van der Waals surface area contributed by atoms with Crippen LogP contribution < -0.4 is 4.72 Å². The van der Waals surface area contributed by atoms with Crippen molar-refractivity contribution in [2.45, 2.75) is 38.3 Å². The number of sulfonamides is 1. The van der Waals surface area contributed by atoms with Crippen molar-refractivity contribution in [3.8, 4) is 0 Å². The number of thiazole rings is 1. The van der Waals surface area contributed by atoms with Crippen molar-refractivity contribution >= 4 is 37.9 Å². The maximum atomic E-state index is 12.4. The minimum Gasteiger partial charge on any atom is -0.279 e. The Morgan fingerprint density at radius 3 is 2.79 bits per heavy atom. The zero-order valence-electron chi connectivity index (χ0n) is 10.9. The van der Waals surface area contributed by atoms with Gasteiger partial charge in [0, 0.05) is 17.6 Å². The van der Waals surface area contributed by atoms with Gasteiger partial charge in [-0.25, -0.2) is 18.1 Å². The lowest BCUT2D eigenvalue weighted by Crippen LogP contribution is -2.34. The van der Waals surface area contributed by atoms with Crippen LogP contribution in [0.25, 0.3) is 4.96 Å². The van der Waals surface area contributed by atoms with Crippen molar-refractivity contribution in [2.24, 2.45) is 5.92 Å². The fourth-order valence-electron chi connectivity index (χ4n) is 2.05. The van der Waals surface area contributed by atoms with Gasteiger partial charge in [0.2, 0.25) is 0 Å². The lowest BCUT2D eigenvalue weighted by molar-refractivity contribution is 0.481. The largest absolute Gasteiger partial charge is 0.279 e. The minimum atomic E-state index is -3.66. The zero-order valence-corrected chi connectivity index (χ0v) is 13.3. The lowest BCUT2D eigenvalue weighted by Gasteiger charge is -2.15. The SMILES string of the molecule is CC(C)CC(C)NS(=O)(=O)c1c(Cl)nc2sccn12. The van der Waals surface area contributed by atoms with Gasteiger partial charge in [0.1, 0.15) is 0 Å². The van der Waals surface area contributed by atoms with Crippen LogP contribution in [0.2, 0.25) is 5.15 Å². The highest BCUT2D eigenvalue weighted by atomic mass is 35.5. The van der Waals surface area contributed by atoms with Gasteiger partial charge in [-0.1, -0.05) is 25.4 Å². The summed E-state index contributed by atoms with van der Waals surface area (Å²) in [5, 5.41) is 1.80. The smallest absolute Gasteiger partial charge is 0.260 e. The van der Waals surface area contributed by atoms with E-state index in [0.29, 0.717) is 10.9 Å². The average Bonchev–Trinajstić information content (AvgIpc) is 2.72. The monoisotopic (exact) mass is 321 g/mol. The Labute approximate surface area is 121 Å². The summed E-state index contributed by atoms with van der Waals surface area (Å²) in [5.74, 6) is 0.416. The molecule has 0 bridgehead atoms. The van der Waals surface area contributed by atoms with Crippen molar-refractivity contribution < 1.29 is 8.42 Å². The summed E-state index contributed by atoms with van der Waals surface area (Å²) in [6.45, 7) is 5.94. The van der Waals surface area contributed by atoms with E-state index in [1.54, 1.807) is 11.6 Å². The van der Waals surface area contributed by atoms with Crippen molar-refractivity contribution in [3.63, 3.8) is 0 Å². The Bertz CT molecular complexity index is 675. The molecule has 1 N–H and O–H groups in total. The first-order valence-corrected chi connectivity index (χ1v) is 8.68. The number of hydrogen-bond donors (Lipinski definition) is 1. The maximum Gasteiger partial charge on any atom is 0.260 e. The van der Waals surface area contributed by atoms with Gasteiger partial charge in [-0.05, 0) is 19.3 Å². The molecule has 2 heterocycles. The van der Waals surface area contributed by atoms with E-state index in [2.05, 4.69) is 9.71 Å². The molecule has 106 valence electrons. The molecule has 0 fully saturated rings. The molecule has 19 heavy (non-hydrogen) atoms. The molecule has 0 spiro atoms. The van der Waals surface area contributed by atoms with Crippen molar-refractivity contribution in [3.05, 3.63) is 16.7 Å². The number of halogens is 1. The Balaban J connectivity index is 2.34. The summed E-state index contributed by atoms with van der Waals surface area (Å²) in [7, 11) is -3.66. The molecule has 1 atom stereocenters. The topological polar surface area (TPSA) is 63.5 Å². The summed E-state index contributed by atoms with van der Waals surface area (Å²) in [4.78, 5) is 4.61. The van der Waals surface area contributed by atoms with Crippen LogP contribution in [0.4, 0.5) is 0 Å². The van der Waals surface area contributed by atoms with Crippen LogP contribution in [0.5, 0.6) is 0 Å². The zero-order chi connectivity index (χ0) is 14.2. The highest BCUT2D eigenvalue weighted by molar-refractivity contribution is 7.89. The fraction of sp³-hybridized carbons (Fsp3) is 0.545. The minimum absolute atomic E-state index is 0.0103. The van der Waals surface area contributed by atoms with E-state index < -0.39 is 10.0 Å². The molecule has 2 aromatic rings. The quantitative estimate of drug-likeness (QED) is 0.921. The van der Waals surface area contributed by atoms with Crippen molar-refractivity contribution in [1.82, 2.24) is 14.1 Å². The number of nitrogens with one attached hydrogen (secondary N) is 1. The summed E-state index contributed by atoms with van der Waals surface area (Å²) in [5.41, 5.74) is 0. The molecule has 2 rings (SSSR count). The molecule has 0 aliphatic carbocycles. The fourth-order valence-corrected chi connectivity index (χ4v) is 4.76. The first-order valence-electron chi connectivity index (χ1n) is 5.94. The number of rotatable bonds is 5. The molecule has 5 nitrogen and oxygen atoms in total. The molecule has 0 aliphatic heterocycles. The number of fused-ring (bicyclic) bond motifs is 1. The number of imidazole rings is 1. The van der Waals surface area contributed by atoms with E-state index in [-0.39, 0.29) is 16.2 Å². The highest BCUT2D eigenvalue weighted by Gasteiger charge is 2.26. The number of nitrogens with zero attached hydrogens (tertiary/aromatic N) is 2. The predicted octanol–water partition coefficient (Wildman–Crippen LogP) is 2.76. The summed E-state index contributed by atoms with van der Waals surface area (Å²) in [6, 6.07) is -0.148. The van der Waals surface area contributed by atoms with Crippen LogP contribution in [0.3, 0.4) is 0 Å². The Morgan fingerprint density at radius 1 is 1.47 bits per heavy atom. The Morgan fingerprint density at radius 2 is 2.16 bits per heavy atom. The molecule has 0 aromatic carbocycles. The molecule has 0 amide bonds. The van der Waals surface area contributed by atoms with Gasteiger partial charge in [-0.3, -0.25) is 4.40 Å². The number of hydrogen-bond acceptors (Lipinski definition) is 4. The molecular formula is C11H16ClN3O2S2. The summed E-state index contributed by atoms with van der Waals surface area (Å²) >= 11 is 7.28. The third-order valence-electron chi connectivity index (χ3n) is 2.61. The first-order chi connectivity index (χ1) is 8.81. The predicted molar refractivity (Wildman–Crippen MR) is 77.3 cm³/mol. The van der Waals surface area contributed by atoms with Gasteiger partial charge in [0.25, 0.3) is 10.0 Å². The molecule has 8 heteroatoms. The van der Waals surface area contributed by atoms with Gasteiger partial charge in [0.05, 0.1) is 0 Å². The highest BCUT2D eigenvalue weighted by Crippen LogP contribution is 2.25. The van der Waals surface area contributed by atoms with Crippen LogP contribution in [-0.4, -0.2) is 23.8 Å². The van der Waals surface area contributed by atoms with E-state index in [0.717, 1.165) is 6.42 Å². The van der Waals surface area contributed by atoms with Gasteiger partial charge in [-0.2, -0.15) is 0 Å². The van der Waals surface area contributed by atoms with Gasteiger partial charge in [-0.15, -0.1) is 11.3 Å². The second-order valence-electron chi connectivity index (χ2n) is 4.92. The second kappa shape index (κ2) is 5.40. The van der Waals surface area contributed by atoms with E-state index >= 15 is 0 Å². The molecule has 0 radical (unpaired) electrons. The van der Waals surface area contributed by atoms with Crippen LogP contribution in [-0.2, 0) is 10.0 Å². The second-order valence-corrected chi connectivity index (χ2v) is 7.78. The third-order valence-corrected chi connectivity index (χ3v) is 5.36. The van der Waals surface area contributed by atoms with E-state index in [9.17, 15) is 8.42 Å². The van der Waals surface area contributed by atoms with Gasteiger partial charge in [0.15, 0.2) is 15.1 Å². The Hall–Kier alpha value is -0.630. The maximum absolute atomic E-state index is 12.4. The van der Waals surface area contributed by atoms with Crippen molar-refractivity contribution in [2.75, 3.05) is 0 Å². The first kappa shape index (κ1) is 14.8. The third kappa shape index (κ3) is 3.10. The van der Waals surface area contributed by atoms with Crippen molar-refractivity contribution in [1.29, 1.82) is 0 Å². The molecule has 0 saturated carbocycles. The van der Waals surface area contributed by atoms with E-state index in [1.165, 1.54) is 15.7 Å². The van der Waals surface area contributed by atoms with E-state index in [1.807, 2.05) is 20.8 Å². The molecular weight excluding hydrogens is 306 g/mol. The molecule has 0 saturated heterocycles. The molecule has 2 aromatic heterocycles. The Kier molecular flexibility index (Phi) is 4.20.